The second kappa shape index (κ2) is 7.06. The van der Waals surface area contributed by atoms with Gasteiger partial charge in [0.1, 0.15) is 0 Å². The van der Waals surface area contributed by atoms with Crippen molar-refractivity contribution >= 4 is 5.97 Å². The Labute approximate surface area is 105 Å². The van der Waals surface area contributed by atoms with Crippen molar-refractivity contribution in [3.05, 3.63) is 35.4 Å². The number of carboxylic acid groups (broad SMARTS) is 1. The van der Waals surface area contributed by atoms with Crippen LogP contribution < -0.4 is 5.32 Å². The molecule has 5 heteroatoms. The van der Waals surface area contributed by atoms with Crippen LogP contribution in [0.3, 0.4) is 0 Å². The van der Waals surface area contributed by atoms with Crippen molar-refractivity contribution in [3.63, 3.8) is 0 Å². The number of halogens is 2. The maximum absolute atomic E-state index is 12.9. The average molecular weight is 257 g/mol. The Kier molecular flexibility index (Phi) is 5.71. The van der Waals surface area contributed by atoms with E-state index >= 15 is 0 Å². The van der Waals surface area contributed by atoms with E-state index in [1.807, 2.05) is 6.92 Å². The lowest BCUT2D eigenvalue weighted by molar-refractivity contribution is -0.141. The van der Waals surface area contributed by atoms with Crippen LogP contribution in [0.5, 0.6) is 0 Å². The highest BCUT2D eigenvalue weighted by Gasteiger charge is 2.13. The van der Waals surface area contributed by atoms with Gasteiger partial charge in [-0.3, -0.25) is 4.79 Å². The fourth-order valence-corrected chi connectivity index (χ4v) is 1.61. The molecule has 3 nitrogen and oxygen atoms in total. The SMILES string of the molecule is CCC(CNCCc1ccc(F)c(F)c1)C(=O)O. The predicted molar refractivity (Wildman–Crippen MR) is 64.3 cm³/mol. The zero-order valence-electron chi connectivity index (χ0n) is 10.2. The van der Waals surface area contributed by atoms with Crippen LogP contribution >= 0.6 is 0 Å². The number of nitrogens with one attached hydrogen (secondary N) is 1. The first-order chi connectivity index (χ1) is 8.54. The summed E-state index contributed by atoms with van der Waals surface area (Å²) >= 11 is 0. The van der Waals surface area contributed by atoms with E-state index in [0.29, 0.717) is 31.5 Å². The molecule has 1 atom stereocenters. The fourth-order valence-electron chi connectivity index (χ4n) is 1.61. The summed E-state index contributed by atoms with van der Waals surface area (Å²) in [6, 6.07) is 3.77. The van der Waals surface area contributed by atoms with Gasteiger partial charge in [0.2, 0.25) is 0 Å². The molecule has 0 bridgehead atoms. The van der Waals surface area contributed by atoms with Crippen LogP contribution in [0.25, 0.3) is 0 Å². The third-order valence-electron chi connectivity index (χ3n) is 2.81. The zero-order valence-corrected chi connectivity index (χ0v) is 10.2. The summed E-state index contributed by atoms with van der Waals surface area (Å²) < 4.78 is 25.6. The van der Waals surface area contributed by atoms with Gasteiger partial charge < -0.3 is 10.4 Å². The number of hydrogen-bond acceptors (Lipinski definition) is 2. The molecule has 1 rings (SSSR count). The molecule has 0 spiro atoms. The maximum atomic E-state index is 12.9. The number of aliphatic carboxylic acids is 1. The van der Waals surface area contributed by atoms with Gasteiger partial charge in [0.25, 0.3) is 0 Å². The summed E-state index contributed by atoms with van der Waals surface area (Å²) in [7, 11) is 0. The number of rotatable bonds is 7. The second-order valence-electron chi connectivity index (χ2n) is 4.15. The Morgan fingerprint density at radius 1 is 1.39 bits per heavy atom. The molecule has 1 unspecified atom stereocenters. The van der Waals surface area contributed by atoms with Gasteiger partial charge in [-0.05, 0) is 37.1 Å². The Morgan fingerprint density at radius 3 is 2.67 bits per heavy atom. The van der Waals surface area contributed by atoms with Crippen LogP contribution in [0, 0.1) is 17.6 Å². The van der Waals surface area contributed by atoms with Gasteiger partial charge in [-0.25, -0.2) is 8.78 Å². The maximum Gasteiger partial charge on any atom is 0.307 e. The van der Waals surface area contributed by atoms with Crippen LogP contribution in [0.1, 0.15) is 18.9 Å². The molecule has 0 saturated heterocycles. The third-order valence-corrected chi connectivity index (χ3v) is 2.81. The Hall–Kier alpha value is -1.49. The highest BCUT2D eigenvalue weighted by Crippen LogP contribution is 2.09. The lowest BCUT2D eigenvalue weighted by Crippen LogP contribution is -2.29. The summed E-state index contributed by atoms with van der Waals surface area (Å²) in [6.45, 7) is 2.74. The highest BCUT2D eigenvalue weighted by molar-refractivity contribution is 5.70. The minimum atomic E-state index is -0.858. The largest absolute Gasteiger partial charge is 0.481 e. The average Bonchev–Trinajstić information content (AvgIpc) is 2.33. The van der Waals surface area contributed by atoms with Crippen molar-refractivity contribution in [2.45, 2.75) is 19.8 Å². The zero-order chi connectivity index (χ0) is 13.5. The molecule has 0 aliphatic rings. The van der Waals surface area contributed by atoms with Crippen molar-refractivity contribution in [1.29, 1.82) is 0 Å². The third kappa shape index (κ3) is 4.41. The molecule has 2 N–H and O–H groups in total. The second-order valence-corrected chi connectivity index (χ2v) is 4.15. The van der Waals surface area contributed by atoms with E-state index in [1.165, 1.54) is 6.07 Å². The quantitative estimate of drug-likeness (QED) is 0.736. The van der Waals surface area contributed by atoms with Gasteiger partial charge in [0, 0.05) is 6.54 Å². The van der Waals surface area contributed by atoms with Crippen LogP contribution in [0.15, 0.2) is 18.2 Å². The van der Waals surface area contributed by atoms with Gasteiger partial charge in [0.15, 0.2) is 11.6 Å². The van der Waals surface area contributed by atoms with Crippen molar-refractivity contribution in [2.24, 2.45) is 5.92 Å². The number of hydrogen-bond donors (Lipinski definition) is 2. The first kappa shape index (κ1) is 14.6. The standard InChI is InChI=1S/C13H17F2NO2/c1-2-10(13(17)18)8-16-6-5-9-3-4-11(14)12(15)7-9/h3-4,7,10,16H,2,5-6,8H2,1H3,(H,17,18). The van der Waals surface area contributed by atoms with Gasteiger partial charge >= 0.3 is 5.97 Å². The molecule has 1 aromatic carbocycles. The molecule has 0 radical (unpaired) electrons. The van der Waals surface area contributed by atoms with E-state index in [-0.39, 0.29) is 0 Å². The highest BCUT2D eigenvalue weighted by atomic mass is 19.2. The number of benzene rings is 1. The van der Waals surface area contributed by atoms with E-state index in [1.54, 1.807) is 0 Å². The van der Waals surface area contributed by atoms with Gasteiger partial charge in [0.05, 0.1) is 5.92 Å². The molecule has 100 valence electrons. The van der Waals surface area contributed by atoms with E-state index in [2.05, 4.69) is 5.32 Å². The molecule has 0 aliphatic heterocycles. The first-order valence-corrected chi connectivity index (χ1v) is 5.92. The normalized spacial score (nSPS) is 12.4. The summed E-state index contributed by atoms with van der Waals surface area (Å²) in [4.78, 5) is 10.7. The summed E-state index contributed by atoms with van der Waals surface area (Å²) in [5, 5.41) is 11.8. The van der Waals surface area contributed by atoms with E-state index < -0.39 is 23.5 Å². The molecule has 18 heavy (non-hydrogen) atoms. The van der Waals surface area contributed by atoms with Gasteiger partial charge in [-0.1, -0.05) is 13.0 Å². The molecule has 0 aromatic heterocycles. The van der Waals surface area contributed by atoms with Gasteiger partial charge in [-0.2, -0.15) is 0 Å². The topological polar surface area (TPSA) is 49.3 Å². The lowest BCUT2D eigenvalue weighted by atomic mass is 10.1. The van der Waals surface area contributed by atoms with E-state index in [9.17, 15) is 13.6 Å². The predicted octanol–water partition coefficient (Wildman–Crippen LogP) is 2.21. The molecule has 0 aliphatic carbocycles. The van der Waals surface area contributed by atoms with Crippen LogP contribution in [-0.4, -0.2) is 24.2 Å². The Bertz CT molecular complexity index is 410. The minimum absolute atomic E-state index is 0.384. The van der Waals surface area contributed by atoms with Gasteiger partial charge in [-0.15, -0.1) is 0 Å². The molecule has 0 heterocycles. The number of carbonyl (C=O) groups is 1. The molecule has 0 saturated carbocycles. The summed E-state index contributed by atoms with van der Waals surface area (Å²) in [6.07, 6.45) is 1.10. The first-order valence-electron chi connectivity index (χ1n) is 5.92. The van der Waals surface area contributed by atoms with Crippen LogP contribution in [0.4, 0.5) is 8.78 Å². The minimum Gasteiger partial charge on any atom is -0.481 e. The van der Waals surface area contributed by atoms with Crippen molar-refractivity contribution in [1.82, 2.24) is 5.32 Å². The molecular weight excluding hydrogens is 240 g/mol. The van der Waals surface area contributed by atoms with Crippen molar-refractivity contribution in [2.75, 3.05) is 13.1 Å². The van der Waals surface area contributed by atoms with E-state index in [4.69, 9.17) is 5.11 Å². The summed E-state index contributed by atoms with van der Waals surface area (Å²) in [5.74, 6) is -2.94. The van der Waals surface area contributed by atoms with Crippen LogP contribution in [0.2, 0.25) is 0 Å². The summed E-state index contributed by atoms with van der Waals surface area (Å²) in [5.41, 5.74) is 0.685. The lowest BCUT2D eigenvalue weighted by Gasteiger charge is -2.10. The monoisotopic (exact) mass is 257 g/mol. The van der Waals surface area contributed by atoms with E-state index in [0.717, 1.165) is 12.1 Å². The molecule has 0 amide bonds. The smallest absolute Gasteiger partial charge is 0.307 e. The fraction of sp³-hybridized carbons (Fsp3) is 0.462. The van der Waals surface area contributed by atoms with Crippen LogP contribution in [-0.2, 0) is 11.2 Å². The van der Waals surface area contributed by atoms with Crippen molar-refractivity contribution in [3.8, 4) is 0 Å². The molecular formula is C13H17F2NO2. The Balaban J connectivity index is 2.33. The molecule has 0 fully saturated rings. The Morgan fingerprint density at radius 2 is 2.11 bits per heavy atom. The number of carboxylic acids is 1. The molecule has 1 aromatic rings. The van der Waals surface area contributed by atoms with Crippen molar-refractivity contribution < 1.29 is 18.7 Å².